The molecule has 2 aliphatic heterocycles. The van der Waals surface area contributed by atoms with Crippen LogP contribution in [0, 0.1) is 5.92 Å². The zero-order valence-corrected chi connectivity index (χ0v) is 22.8. The number of carbonyl (C=O) groups excluding carboxylic acids is 1. The van der Waals surface area contributed by atoms with E-state index in [1.165, 1.54) is 11.4 Å². The normalized spacial score (nSPS) is 21.9. The van der Waals surface area contributed by atoms with Crippen LogP contribution in [0.2, 0.25) is 0 Å². The first kappa shape index (κ1) is 25.1. The van der Waals surface area contributed by atoms with Crippen molar-refractivity contribution >= 4 is 23.4 Å². The number of aromatic nitrogens is 5. The van der Waals surface area contributed by atoms with Crippen LogP contribution in [0.15, 0.2) is 30.5 Å². The Bertz CT molecular complexity index is 1310. The van der Waals surface area contributed by atoms with Crippen LogP contribution >= 0.6 is 0 Å². The highest BCUT2D eigenvalue weighted by atomic mass is 16.5. The quantitative estimate of drug-likeness (QED) is 0.478. The van der Waals surface area contributed by atoms with Gasteiger partial charge in [-0.3, -0.25) is 19.1 Å². The summed E-state index contributed by atoms with van der Waals surface area (Å²) >= 11 is 0. The Morgan fingerprint density at radius 3 is 2.63 bits per heavy atom. The van der Waals surface area contributed by atoms with Gasteiger partial charge in [0.1, 0.15) is 5.82 Å². The fraction of sp³-hybridized carbons (Fsp3) is 0.571. The minimum Gasteiger partial charge on any atom is -0.379 e. The Morgan fingerprint density at radius 1 is 1.08 bits per heavy atom. The topological polar surface area (TPSA) is 102 Å². The molecule has 2 fully saturated rings. The summed E-state index contributed by atoms with van der Waals surface area (Å²) in [6.45, 7) is 12.9. The molecule has 2 N–H and O–H groups in total. The number of fused-ring (bicyclic) bond motifs is 1. The number of nitrogens with zero attached hydrogens (tertiary/aromatic N) is 6. The molecule has 0 radical (unpaired) electrons. The van der Waals surface area contributed by atoms with E-state index >= 15 is 0 Å². The second-order valence-corrected chi connectivity index (χ2v) is 11.9. The third-order valence-corrected chi connectivity index (χ3v) is 7.81. The molecule has 202 valence electrons. The summed E-state index contributed by atoms with van der Waals surface area (Å²) in [6, 6.07) is 8.78. The average molecular weight is 519 g/mol. The predicted octanol–water partition coefficient (Wildman–Crippen LogP) is 4.40. The van der Waals surface area contributed by atoms with E-state index in [4.69, 9.17) is 14.9 Å². The van der Waals surface area contributed by atoms with Gasteiger partial charge in [-0.2, -0.15) is 10.2 Å². The Balaban J connectivity index is 1.15. The number of pyridine rings is 1. The number of anilines is 3. The van der Waals surface area contributed by atoms with Gasteiger partial charge in [-0.25, -0.2) is 4.98 Å². The second kappa shape index (κ2) is 9.81. The van der Waals surface area contributed by atoms with Gasteiger partial charge < -0.3 is 15.4 Å². The molecule has 3 aromatic heterocycles. The number of carbonyl (C=O) groups is 1. The van der Waals surface area contributed by atoms with Crippen molar-refractivity contribution in [2.24, 2.45) is 5.92 Å². The molecule has 1 saturated heterocycles. The molecule has 5 heterocycles. The molecule has 0 aromatic carbocycles. The predicted molar refractivity (Wildman–Crippen MR) is 145 cm³/mol. The van der Waals surface area contributed by atoms with Gasteiger partial charge in [-0.15, -0.1) is 0 Å². The Labute approximate surface area is 223 Å². The number of hydrogen-bond donors (Lipinski definition) is 2. The van der Waals surface area contributed by atoms with Crippen molar-refractivity contribution in [1.82, 2.24) is 29.4 Å². The van der Waals surface area contributed by atoms with Crippen molar-refractivity contribution in [1.29, 1.82) is 0 Å². The van der Waals surface area contributed by atoms with Crippen LogP contribution in [0.25, 0.3) is 0 Å². The maximum absolute atomic E-state index is 12.1. The molecule has 1 aliphatic carbocycles. The first-order valence-corrected chi connectivity index (χ1v) is 13.8. The number of hydrogen-bond acceptors (Lipinski definition) is 7. The molecule has 3 aromatic rings. The molecule has 0 unspecified atom stereocenters. The largest absolute Gasteiger partial charge is 0.379 e. The summed E-state index contributed by atoms with van der Waals surface area (Å²) in [5.41, 5.74) is 3.49. The van der Waals surface area contributed by atoms with Crippen molar-refractivity contribution < 1.29 is 9.53 Å². The zero-order valence-electron chi connectivity index (χ0n) is 22.8. The molecule has 10 heteroatoms. The van der Waals surface area contributed by atoms with Gasteiger partial charge in [-0.05, 0) is 43.9 Å². The number of nitrogens with one attached hydrogen (secondary N) is 2. The fourth-order valence-corrected chi connectivity index (χ4v) is 5.42. The van der Waals surface area contributed by atoms with E-state index in [9.17, 15) is 4.79 Å². The summed E-state index contributed by atoms with van der Waals surface area (Å²) in [5, 5.41) is 16.2. The first-order valence-electron chi connectivity index (χ1n) is 13.8. The van der Waals surface area contributed by atoms with Crippen LogP contribution < -0.4 is 10.6 Å². The van der Waals surface area contributed by atoms with Crippen molar-refractivity contribution in [3.05, 3.63) is 47.4 Å². The van der Waals surface area contributed by atoms with E-state index in [1.807, 2.05) is 12.1 Å². The molecule has 2 atom stereocenters. The van der Waals surface area contributed by atoms with Crippen LogP contribution in [0.5, 0.6) is 0 Å². The molecule has 38 heavy (non-hydrogen) atoms. The lowest BCUT2D eigenvalue weighted by atomic mass is 9.91. The Kier molecular flexibility index (Phi) is 6.47. The van der Waals surface area contributed by atoms with E-state index < -0.39 is 0 Å². The van der Waals surface area contributed by atoms with Gasteiger partial charge in [0.05, 0.1) is 24.9 Å². The third-order valence-electron chi connectivity index (χ3n) is 7.81. The van der Waals surface area contributed by atoms with Crippen LogP contribution in [0.4, 0.5) is 17.5 Å². The van der Waals surface area contributed by atoms with E-state index in [2.05, 4.69) is 69.7 Å². The van der Waals surface area contributed by atoms with Crippen molar-refractivity contribution in [2.75, 3.05) is 30.4 Å². The standard InChI is InChI=1S/C28H38N8O2/c1-18-22-14-25(30-26-15-23(28(2,3)4)36(33-26)21-8-12-38-17-21)32-35(22)11-10-34(18)16-19-7-9-29-24(13-19)31-27(37)20-5-6-20/h7,9,13-15,18,20-21H,5-6,8,10-12,16-17H2,1-4H3,(H,29,31,37)(H,30,32,33)/t18-,21+/m1/s1. The number of ether oxygens (including phenoxy) is 1. The van der Waals surface area contributed by atoms with Gasteiger partial charge in [0, 0.05) is 61.1 Å². The van der Waals surface area contributed by atoms with Crippen molar-refractivity contribution in [3.8, 4) is 0 Å². The lowest BCUT2D eigenvalue weighted by Crippen LogP contribution is -2.36. The van der Waals surface area contributed by atoms with Crippen molar-refractivity contribution in [2.45, 2.75) is 77.5 Å². The summed E-state index contributed by atoms with van der Waals surface area (Å²) < 4.78 is 9.88. The lowest BCUT2D eigenvalue weighted by Gasteiger charge is -2.33. The smallest absolute Gasteiger partial charge is 0.228 e. The summed E-state index contributed by atoms with van der Waals surface area (Å²) in [5.74, 6) is 2.52. The van der Waals surface area contributed by atoms with Gasteiger partial charge >= 0.3 is 0 Å². The van der Waals surface area contributed by atoms with E-state index in [0.717, 1.165) is 62.7 Å². The van der Waals surface area contributed by atoms with Gasteiger partial charge in [0.25, 0.3) is 0 Å². The molecule has 0 bridgehead atoms. The molecular formula is C28H38N8O2. The highest BCUT2D eigenvalue weighted by Crippen LogP contribution is 2.33. The minimum absolute atomic E-state index is 0.0223. The molecule has 1 saturated carbocycles. The lowest BCUT2D eigenvalue weighted by molar-refractivity contribution is -0.117. The maximum Gasteiger partial charge on any atom is 0.228 e. The van der Waals surface area contributed by atoms with E-state index in [1.54, 1.807) is 6.20 Å². The fourth-order valence-electron chi connectivity index (χ4n) is 5.42. The summed E-state index contributed by atoms with van der Waals surface area (Å²) in [7, 11) is 0. The highest BCUT2D eigenvalue weighted by Gasteiger charge is 2.31. The second-order valence-electron chi connectivity index (χ2n) is 11.9. The van der Waals surface area contributed by atoms with Crippen LogP contribution in [0.1, 0.15) is 76.0 Å². The maximum atomic E-state index is 12.1. The monoisotopic (exact) mass is 518 g/mol. The summed E-state index contributed by atoms with van der Waals surface area (Å²) in [4.78, 5) is 18.9. The number of amides is 1. The van der Waals surface area contributed by atoms with Crippen LogP contribution in [-0.2, 0) is 28.0 Å². The highest BCUT2D eigenvalue weighted by molar-refractivity contribution is 5.93. The molecule has 3 aliphatic rings. The van der Waals surface area contributed by atoms with Crippen molar-refractivity contribution in [3.63, 3.8) is 0 Å². The van der Waals surface area contributed by atoms with Gasteiger partial charge in [0.2, 0.25) is 5.91 Å². The molecule has 10 nitrogen and oxygen atoms in total. The molecule has 6 rings (SSSR count). The Morgan fingerprint density at radius 2 is 1.89 bits per heavy atom. The van der Waals surface area contributed by atoms with Gasteiger partial charge in [0.15, 0.2) is 11.6 Å². The Hall–Kier alpha value is -3.24. The van der Waals surface area contributed by atoms with E-state index in [-0.39, 0.29) is 29.3 Å². The SMILES string of the molecule is C[C@@H]1c2cc(Nc3cc(C(C)(C)C)n([C@H]4CCOC4)n3)nn2CCN1Cc1ccnc(NC(=O)C2CC2)c1. The third kappa shape index (κ3) is 5.19. The van der Waals surface area contributed by atoms with E-state index in [0.29, 0.717) is 12.4 Å². The molecular weight excluding hydrogens is 480 g/mol. The summed E-state index contributed by atoms with van der Waals surface area (Å²) in [6.07, 6.45) is 4.73. The average Bonchev–Trinajstić information content (AvgIpc) is 3.24. The van der Waals surface area contributed by atoms with Gasteiger partial charge in [-0.1, -0.05) is 20.8 Å². The number of rotatable bonds is 7. The van der Waals surface area contributed by atoms with Crippen LogP contribution in [-0.4, -0.2) is 55.1 Å². The van der Waals surface area contributed by atoms with Crippen LogP contribution in [0.3, 0.4) is 0 Å². The first-order chi connectivity index (χ1) is 18.2. The zero-order chi connectivity index (χ0) is 26.4. The molecule has 1 amide bonds. The molecule has 0 spiro atoms. The minimum atomic E-state index is -0.0223.